The summed E-state index contributed by atoms with van der Waals surface area (Å²) in [5.74, 6) is -0.375. The number of carbonyl (C=O) groups is 3. The van der Waals surface area contributed by atoms with Crippen LogP contribution in [0, 0.1) is 5.92 Å². The van der Waals surface area contributed by atoms with Crippen molar-refractivity contribution in [3.63, 3.8) is 0 Å². The van der Waals surface area contributed by atoms with E-state index < -0.39 is 11.4 Å². The van der Waals surface area contributed by atoms with E-state index in [9.17, 15) is 14.4 Å². The van der Waals surface area contributed by atoms with Gasteiger partial charge in [-0.3, -0.25) is 19.4 Å². The summed E-state index contributed by atoms with van der Waals surface area (Å²) in [6.45, 7) is 5.49. The van der Waals surface area contributed by atoms with Crippen LogP contribution < -0.4 is 5.73 Å². The Morgan fingerprint density at radius 3 is 2.42 bits per heavy atom. The Balaban J connectivity index is 1.73. The fourth-order valence-electron chi connectivity index (χ4n) is 3.13. The van der Waals surface area contributed by atoms with Gasteiger partial charge in [0.25, 0.3) is 11.8 Å². The van der Waals surface area contributed by atoms with Gasteiger partial charge in [-0.05, 0) is 38.8 Å². The van der Waals surface area contributed by atoms with E-state index in [1.165, 1.54) is 12.3 Å². The van der Waals surface area contributed by atoms with Gasteiger partial charge in [-0.2, -0.15) is 0 Å². The molecule has 1 saturated heterocycles. The summed E-state index contributed by atoms with van der Waals surface area (Å²) in [6.07, 6.45) is 3.34. The minimum atomic E-state index is -0.624. The molecule has 0 atom stereocenters. The van der Waals surface area contributed by atoms with Crippen molar-refractivity contribution in [1.82, 2.24) is 14.8 Å². The summed E-state index contributed by atoms with van der Waals surface area (Å²) in [7, 11) is 0. The number of carbonyl (C=O) groups excluding carboxylic acids is 3. The normalized spacial score (nSPS) is 19.9. The van der Waals surface area contributed by atoms with Crippen LogP contribution in [-0.2, 0) is 4.79 Å². The number of pyridine rings is 1. The number of hydrogen-bond acceptors (Lipinski definition) is 4. The van der Waals surface area contributed by atoms with Crippen molar-refractivity contribution in [2.24, 2.45) is 11.7 Å². The van der Waals surface area contributed by atoms with Crippen LogP contribution >= 0.6 is 0 Å². The molecule has 2 fully saturated rings. The summed E-state index contributed by atoms with van der Waals surface area (Å²) in [4.78, 5) is 43.7. The lowest BCUT2D eigenvalue weighted by atomic mass is 9.97. The van der Waals surface area contributed by atoms with E-state index in [1.807, 2.05) is 18.7 Å². The second-order valence-electron chi connectivity index (χ2n) is 7.10. The summed E-state index contributed by atoms with van der Waals surface area (Å²) in [6, 6.07) is 3.02. The van der Waals surface area contributed by atoms with E-state index in [2.05, 4.69) is 4.98 Å². The maximum atomic E-state index is 12.8. The van der Waals surface area contributed by atoms with Crippen LogP contribution in [-0.4, -0.2) is 57.7 Å². The molecule has 7 nitrogen and oxygen atoms in total. The van der Waals surface area contributed by atoms with Crippen molar-refractivity contribution < 1.29 is 14.4 Å². The lowest BCUT2D eigenvalue weighted by Crippen LogP contribution is -2.62. The predicted molar refractivity (Wildman–Crippen MR) is 87.2 cm³/mol. The summed E-state index contributed by atoms with van der Waals surface area (Å²) in [5, 5.41) is 0. The molecule has 0 spiro atoms. The molecule has 1 aliphatic heterocycles. The Kier molecular flexibility index (Phi) is 4.03. The van der Waals surface area contributed by atoms with Gasteiger partial charge in [-0.15, -0.1) is 0 Å². The molecule has 1 aliphatic carbocycles. The first kappa shape index (κ1) is 16.4. The van der Waals surface area contributed by atoms with Gasteiger partial charge in [0.1, 0.15) is 5.69 Å². The lowest BCUT2D eigenvalue weighted by Gasteiger charge is -2.47. The average molecular weight is 330 g/mol. The molecule has 2 heterocycles. The van der Waals surface area contributed by atoms with Gasteiger partial charge in [0.05, 0.1) is 11.1 Å². The molecular formula is C17H22N4O3. The van der Waals surface area contributed by atoms with E-state index in [-0.39, 0.29) is 23.4 Å². The van der Waals surface area contributed by atoms with Crippen LogP contribution in [0.3, 0.4) is 0 Å². The highest BCUT2D eigenvalue weighted by molar-refractivity contribution is 5.96. The SMILES string of the molecule is CC1(C)CN(C(=O)C2CC2)CCN1C(=O)c1ccc(C(N)=O)nc1. The molecule has 0 unspecified atom stereocenters. The third kappa shape index (κ3) is 3.11. The van der Waals surface area contributed by atoms with Crippen molar-refractivity contribution in [2.45, 2.75) is 32.2 Å². The molecule has 3 amide bonds. The van der Waals surface area contributed by atoms with Crippen LogP contribution in [0.25, 0.3) is 0 Å². The minimum absolute atomic E-state index is 0.130. The van der Waals surface area contributed by atoms with Crippen LogP contribution in [0.2, 0.25) is 0 Å². The highest BCUT2D eigenvalue weighted by Gasteiger charge is 2.42. The van der Waals surface area contributed by atoms with Crippen LogP contribution in [0.15, 0.2) is 18.3 Å². The highest BCUT2D eigenvalue weighted by Crippen LogP contribution is 2.33. The first-order chi connectivity index (χ1) is 11.3. The smallest absolute Gasteiger partial charge is 0.267 e. The molecule has 128 valence electrons. The van der Waals surface area contributed by atoms with Gasteiger partial charge in [-0.25, -0.2) is 0 Å². The predicted octanol–water partition coefficient (Wildman–Crippen LogP) is 0.653. The molecule has 1 aromatic heterocycles. The van der Waals surface area contributed by atoms with Gasteiger partial charge in [0, 0.05) is 31.7 Å². The number of piperazine rings is 1. The van der Waals surface area contributed by atoms with E-state index in [4.69, 9.17) is 5.73 Å². The Hall–Kier alpha value is -2.44. The molecule has 1 aromatic rings. The van der Waals surface area contributed by atoms with Crippen molar-refractivity contribution in [3.05, 3.63) is 29.6 Å². The molecule has 0 bridgehead atoms. The Labute approximate surface area is 140 Å². The summed E-state index contributed by atoms with van der Waals surface area (Å²) >= 11 is 0. The molecular weight excluding hydrogens is 308 g/mol. The Morgan fingerprint density at radius 2 is 1.92 bits per heavy atom. The first-order valence-corrected chi connectivity index (χ1v) is 8.16. The van der Waals surface area contributed by atoms with E-state index in [1.54, 1.807) is 11.0 Å². The quantitative estimate of drug-likeness (QED) is 0.880. The molecule has 2 aliphatic rings. The number of hydrogen-bond donors (Lipinski definition) is 1. The van der Waals surface area contributed by atoms with Crippen molar-refractivity contribution >= 4 is 17.7 Å². The number of rotatable bonds is 3. The van der Waals surface area contributed by atoms with Crippen LogP contribution in [0.4, 0.5) is 0 Å². The average Bonchev–Trinajstić information content (AvgIpc) is 3.37. The van der Waals surface area contributed by atoms with Crippen molar-refractivity contribution in [3.8, 4) is 0 Å². The zero-order chi connectivity index (χ0) is 17.5. The summed E-state index contributed by atoms with van der Waals surface area (Å²) < 4.78 is 0. The third-order valence-corrected chi connectivity index (χ3v) is 4.65. The summed E-state index contributed by atoms with van der Waals surface area (Å²) in [5.41, 5.74) is 5.25. The first-order valence-electron chi connectivity index (χ1n) is 8.16. The molecule has 7 heteroatoms. The second-order valence-corrected chi connectivity index (χ2v) is 7.10. The van der Waals surface area contributed by atoms with E-state index in [0.717, 1.165) is 12.8 Å². The maximum absolute atomic E-state index is 12.8. The highest BCUT2D eigenvalue weighted by atomic mass is 16.2. The fourth-order valence-corrected chi connectivity index (χ4v) is 3.13. The van der Waals surface area contributed by atoms with Gasteiger partial charge in [0.15, 0.2) is 0 Å². The van der Waals surface area contributed by atoms with Gasteiger partial charge >= 0.3 is 0 Å². The number of aromatic nitrogens is 1. The largest absolute Gasteiger partial charge is 0.364 e. The number of amides is 3. The monoisotopic (exact) mass is 330 g/mol. The molecule has 1 saturated carbocycles. The van der Waals surface area contributed by atoms with E-state index >= 15 is 0 Å². The lowest BCUT2D eigenvalue weighted by molar-refractivity contribution is -0.136. The molecule has 0 aromatic carbocycles. The molecule has 24 heavy (non-hydrogen) atoms. The van der Waals surface area contributed by atoms with Crippen LogP contribution in [0.5, 0.6) is 0 Å². The maximum Gasteiger partial charge on any atom is 0.267 e. The minimum Gasteiger partial charge on any atom is -0.364 e. The van der Waals surface area contributed by atoms with Crippen molar-refractivity contribution in [2.75, 3.05) is 19.6 Å². The topological polar surface area (TPSA) is 96.6 Å². The second kappa shape index (κ2) is 5.89. The van der Waals surface area contributed by atoms with Crippen molar-refractivity contribution in [1.29, 1.82) is 0 Å². The fraction of sp³-hybridized carbons (Fsp3) is 0.529. The van der Waals surface area contributed by atoms with Gasteiger partial charge < -0.3 is 15.5 Å². The van der Waals surface area contributed by atoms with Gasteiger partial charge in [-0.1, -0.05) is 0 Å². The number of nitrogens with zero attached hydrogens (tertiary/aromatic N) is 3. The molecule has 3 rings (SSSR count). The molecule has 2 N–H and O–H groups in total. The zero-order valence-electron chi connectivity index (χ0n) is 14.0. The van der Waals surface area contributed by atoms with Gasteiger partial charge in [0.2, 0.25) is 5.91 Å². The zero-order valence-corrected chi connectivity index (χ0v) is 14.0. The number of primary amides is 1. The Bertz CT molecular complexity index is 680. The standard InChI is InChI=1S/C17H22N4O3/c1-17(2)10-20(15(23)11-3-4-11)7-8-21(17)16(24)12-5-6-13(14(18)22)19-9-12/h5-6,9,11H,3-4,7-8,10H2,1-2H3,(H2,18,22). The van der Waals surface area contributed by atoms with Crippen LogP contribution in [0.1, 0.15) is 47.5 Å². The molecule has 0 radical (unpaired) electrons. The van der Waals surface area contributed by atoms with E-state index in [0.29, 0.717) is 25.2 Å². The number of nitrogens with two attached hydrogens (primary N) is 1. The third-order valence-electron chi connectivity index (χ3n) is 4.65. The Morgan fingerprint density at radius 1 is 1.21 bits per heavy atom.